The minimum Gasteiger partial charge on any atom is -0.368 e. The van der Waals surface area contributed by atoms with Gasteiger partial charge < -0.3 is 5.73 Å². The molecular formula is C19H20FN5O2S. The predicted octanol–water partition coefficient (Wildman–Crippen LogP) is 1.24. The maximum atomic E-state index is 13.2. The quantitative estimate of drug-likeness (QED) is 0.695. The summed E-state index contributed by atoms with van der Waals surface area (Å²) in [5.74, 6) is -0.791. The standard InChI is InChI=1S/C19H20FN5O2S/c20-14-3-1-13(2-4-14)17(18(21)27)24-7-5-23(6-8-24)12-15-11-16(26)25-9-10-28-19(25)22-15/h1-4,9-11,17H,5-8,12H2,(H2,21,27). The van der Waals surface area contributed by atoms with Crippen LogP contribution in [0.5, 0.6) is 0 Å². The zero-order valence-electron chi connectivity index (χ0n) is 15.1. The molecule has 28 heavy (non-hydrogen) atoms. The highest BCUT2D eigenvalue weighted by atomic mass is 32.1. The van der Waals surface area contributed by atoms with E-state index in [2.05, 4.69) is 9.88 Å². The Morgan fingerprint density at radius 3 is 2.61 bits per heavy atom. The lowest BCUT2D eigenvalue weighted by Crippen LogP contribution is -2.50. The molecule has 7 nitrogen and oxygen atoms in total. The van der Waals surface area contributed by atoms with E-state index in [4.69, 9.17) is 5.73 Å². The number of aromatic nitrogens is 2. The molecule has 0 saturated carbocycles. The minimum absolute atomic E-state index is 0.0787. The summed E-state index contributed by atoms with van der Waals surface area (Å²) in [6, 6.07) is 6.87. The van der Waals surface area contributed by atoms with Crippen molar-refractivity contribution in [1.29, 1.82) is 0 Å². The predicted molar refractivity (Wildman–Crippen MR) is 105 cm³/mol. The molecule has 9 heteroatoms. The summed E-state index contributed by atoms with van der Waals surface area (Å²) in [6.45, 7) is 3.30. The van der Waals surface area contributed by atoms with Crippen molar-refractivity contribution < 1.29 is 9.18 Å². The molecule has 2 aromatic heterocycles. The third kappa shape index (κ3) is 3.82. The molecule has 1 fully saturated rings. The van der Waals surface area contributed by atoms with Crippen molar-refractivity contribution in [3.05, 3.63) is 69.3 Å². The fourth-order valence-electron chi connectivity index (χ4n) is 3.58. The van der Waals surface area contributed by atoms with E-state index in [1.54, 1.807) is 24.4 Å². The smallest absolute Gasteiger partial charge is 0.258 e. The van der Waals surface area contributed by atoms with E-state index in [9.17, 15) is 14.0 Å². The second kappa shape index (κ2) is 7.78. The number of primary amides is 1. The first-order valence-electron chi connectivity index (χ1n) is 8.98. The summed E-state index contributed by atoms with van der Waals surface area (Å²) in [6.07, 6.45) is 1.72. The first-order chi connectivity index (χ1) is 13.5. The number of thiazole rings is 1. The largest absolute Gasteiger partial charge is 0.368 e. The van der Waals surface area contributed by atoms with Gasteiger partial charge >= 0.3 is 0 Å². The maximum absolute atomic E-state index is 13.2. The SMILES string of the molecule is NC(=O)C(c1ccc(F)cc1)N1CCN(Cc2cc(=O)n3ccsc3n2)CC1. The van der Waals surface area contributed by atoms with E-state index in [1.807, 2.05) is 10.3 Å². The summed E-state index contributed by atoms with van der Waals surface area (Å²) in [4.78, 5) is 33.6. The highest BCUT2D eigenvalue weighted by Gasteiger charge is 2.29. The zero-order valence-corrected chi connectivity index (χ0v) is 15.9. The van der Waals surface area contributed by atoms with Gasteiger partial charge in [0.05, 0.1) is 5.69 Å². The summed E-state index contributed by atoms with van der Waals surface area (Å²) >= 11 is 1.43. The number of nitrogens with two attached hydrogens (primary N) is 1. The van der Waals surface area contributed by atoms with E-state index in [-0.39, 0.29) is 11.4 Å². The first-order valence-corrected chi connectivity index (χ1v) is 9.86. The third-order valence-corrected chi connectivity index (χ3v) is 5.73. The van der Waals surface area contributed by atoms with Crippen molar-refractivity contribution in [3.8, 4) is 0 Å². The molecule has 3 aromatic rings. The van der Waals surface area contributed by atoms with Gasteiger partial charge in [-0.25, -0.2) is 9.37 Å². The number of carbonyl (C=O) groups is 1. The molecule has 1 aromatic carbocycles. The lowest BCUT2D eigenvalue weighted by molar-refractivity contribution is -0.124. The van der Waals surface area contributed by atoms with Crippen molar-refractivity contribution in [3.63, 3.8) is 0 Å². The van der Waals surface area contributed by atoms with Crippen molar-refractivity contribution in [1.82, 2.24) is 19.2 Å². The second-order valence-corrected chi connectivity index (χ2v) is 7.68. The highest BCUT2D eigenvalue weighted by molar-refractivity contribution is 7.15. The Kier molecular flexibility index (Phi) is 5.21. The Bertz CT molecular complexity index is 1040. The van der Waals surface area contributed by atoms with Crippen LogP contribution in [0.15, 0.2) is 46.7 Å². The lowest BCUT2D eigenvalue weighted by atomic mass is 10.0. The van der Waals surface area contributed by atoms with E-state index in [0.29, 0.717) is 30.2 Å². The number of nitrogens with zero attached hydrogens (tertiary/aromatic N) is 4. The fraction of sp³-hybridized carbons (Fsp3) is 0.316. The van der Waals surface area contributed by atoms with Crippen molar-refractivity contribution in [2.45, 2.75) is 12.6 Å². The average molecular weight is 401 g/mol. The van der Waals surface area contributed by atoms with Gasteiger partial charge in [-0.05, 0) is 17.7 Å². The summed E-state index contributed by atoms with van der Waals surface area (Å²) in [7, 11) is 0. The Balaban J connectivity index is 1.43. The molecule has 0 spiro atoms. The van der Waals surface area contributed by atoms with Crippen molar-refractivity contribution in [2.75, 3.05) is 26.2 Å². The molecular weight excluding hydrogens is 381 g/mol. The molecule has 1 aliphatic heterocycles. The van der Waals surface area contributed by atoms with Gasteiger partial charge in [-0.1, -0.05) is 12.1 Å². The number of hydrogen-bond acceptors (Lipinski definition) is 6. The van der Waals surface area contributed by atoms with Crippen molar-refractivity contribution in [2.24, 2.45) is 5.73 Å². The number of rotatable bonds is 5. The van der Waals surface area contributed by atoms with Gasteiger partial charge in [0.15, 0.2) is 4.96 Å². The summed E-state index contributed by atoms with van der Waals surface area (Å²) < 4.78 is 14.7. The normalized spacial score (nSPS) is 17.0. The van der Waals surface area contributed by atoms with Crippen LogP contribution in [0.2, 0.25) is 0 Å². The van der Waals surface area contributed by atoms with Crippen LogP contribution in [0.3, 0.4) is 0 Å². The van der Waals surface area contributed by atoms with Gasteiger partial charge in [0.1, 0.15) is 11.9 Å². The van der Waals surface area contributed by atoms with Gasteiger partial charge in [0.2, 0.25) is 5.91 Å². The topological polar surface area (TPSA) is 83.9 Å². The molecule has 2 N–H and O–H groups in total. The van der Waals surface area contributed by atoms with Crippen LogP contribution in [-0.4, -0.2) is 51.3 Å². The molecule has 4 rings (SSSR count). The lowest BCUT2D eigenvalue weighted by Gasteiger charge is -2.38. The van der Waals surface area contributed by atoms with Gasteiger partial charge in [-0.2, -0.15) is 0 Å². The fourth-order valence-corrected chi connectivity index (χ4v) is 4.32. The zero-order chi connectivity index (χ0) is 19.7. The number of halogens is 1. The van der Waals surface area contributed by atoms with Crippen LogP contribution in [0, 0.1) is 5.82 Å². The molecule has 1 unspecified atom stereocenters. The highest BCUT2D eigenvalue weighted by Crippen LogP contribution is 2.23. The Morgan fingerprint density at radius 2 is 1.93 bits per heavy atom. The molecule has 1 aliphatic rings. The minimum atomic E-state index is -0.576. The van der Waals surface area contributed by atoms with E-state index in [0.717, 1.165) is 18.8 Å². The Labute approximate surface area is 164 Å². The number of piperazine rings is 1. The van der Waals surface area contributed by atoms with Crippen LogP contribution in [0.4, 0.5) is 4.39 Å². The summed E-state index contributed by atoms with van der Waals surface area (Å²) in [5, 5.41) is 1.84. The number of fused-ring (bicyclic) bond motifs is 1. The third-order valence-electron chi connectivity index (χ3n) is 4.97. The first kappa shape index (κ1) is 18.7. The van der Waals surface area contributed by atoms with Crippen LogP contribution in [0.25, 0.3) is 4.96 Å². The summed E-state index contributed by atoms with van der Waals surface area (Å²) in [5.41, 5.74) is 6.98. The van der Waals surface area contributed by atoms with E-state index >= 15 is 0 Å². The Hall–Kier alpha value is -2.62. The van der Waals surface area contributed by atoms with E-state index in [1.165, 1.54) is 27.9 Å². The number of carbonyl (C=O) groups excluding carboxylic acids is 1. The number of amides is 1. The maximum Gasteiger partial charge on any atom is 0.258 e. The molecule has 3 heterocycles. The van der Waals surface area contributed by atoms with Crippen molar-refractivity contribution >= 4 is 22.2 Å². The van der Waals surface area contributed by atoms with E-state index < -0.39 is 11.9 Å². The number of hydrogen-bond donors (Lipinski definition) is 1. The van der Waals surface area contributed by atoms with Gasteiger partial charge in [0.25, 0.3) is 5.56 Å². The molecule has 0 bridgehead atoms. The van der Waals surface area contributed by atoms with Gasteiger partial charge in [0, 0.05) is 50.4 Å². The molecule has 1 atom stereocenters. The molecule has 1 saturated heterocycles. The van der Waals surface area contributed by atoms with Crippen LogP contribution in [-0.2, 0) is 11.3 Å². The Morgan fingerprint density at radius 1 is 1.21 bits per heavy atom. The second-order valence-electron chi connectivity index (χ2n) is 6.81. The molecule has 0 aliphatic carbocycles. The monoisotopic (exact) mass is 401 g/mol. The van der Waals surface area contributed by atoms with Crippen LogP contribution < -0.4 is 11.3 Å². The van der Waals surface area contributed by atoms with Gasteiger partial charge in [-0.3, -0.25) is 23.8 Å². The van der Waals surface area contributed by atoms with Crippen LogP contribution >= 0.6 is 11.3 Å². The molecule has 1 amide bonds. The number of benzene rings is 1. The van der Waals surface area contributed by atoms with Gasteiger partial charge in [-0.15, -0.1) is 11.3 Å². The average Bonchev–Trinajstić information content (AvgIpc) is 3.14. The molecule has 0 radical (unpaired) electrons. The van der Waals surface area contributed by atoms with Crippen LogP contribution in [0.1, 0.15) is 17.3 Å². The molecule has 146 valence electrons.